The van der Waals surface area contributed by atoms with Crippen LogP contribution in [0.4, 0.5) is 0 Å². The van der Waals surface area contributed by atoms with Gasteiger partial charge in [-0.15, -0.1) is 22.9 Å². The number of alkyl halides is 1. The molecule has 5 heteroatoms. The van der Waals surface area contributed by atoms with Crippen LogP contribution in [0.25, 0.3) is 10.2 Å². The second-order valence-electron chi connectivity index (χ2n) is 5.11. The second kappa shape index (κ2) is 6.10. The smallest absolute Gasteiger partial charge is 0.223 e. The van der Waals surface area contributed by atoms with Crippen LogP contribution in [0, 0.1) is 0 Å². The van der Waals surface area contributed by atoms with Crippen LogP contribution in [-0.4, -0.2) is 34.8 Å². The molecule has 0 unspecified atom stereocenters. The number of amides is 1. The normalized spacial score (nSPS) is 16.8. The number of thiazole rings is 1. The number of carbonyl (C=O) groups is 1. The van der Waals surface area contributed by atoms with Gasteiger partial charge in [-0.1, -0.05) is 12.1 Å². The molecule has 0 saturated carbocycles. The molecule has 3 nitrogen and oxygen atoms in total. The van der Waals surface area contributed by atoms with Gasteiger partial charge in [-0.2, -0.15) is 0 Å². The van der Waals surface area contributed by atoms with Crippen LogP contribution in [0.15, 0.2) is 24.3 Å². The van der Waals surface area contributed by atoms with E-state index in [0.717, 1.165) is 31.4 Å². The van der Waals surface area contributed by atoms with Gasteiger partial charge in [0, 0.05) is 31.3 Å². The van der Waals surface area contributed by atoms with Gasteiger partial charge in [0.15, 0.2) is 0 Å². The first kappa shape index (κ1) is 13.8. The summed E-state index contributed by atoms with van der Waals surface area (Å²) >= 11 is 7.42. The highest BCUT2D eigenvalue weighted by atomic mass is 35.5. The zero-order valence-electron chi connectivity index (χ0n) is 11.2. The second-order valence-corrected chi connectivity index (χ2v) is 6.55. The Hall–Kier alpha value is -1.13. The van der Waals surface area contributed by atoms with Gasteiger partial charge in [-0.25, -0.2) is 4.98 Å². The lowest BCUT2D eigenvalue weighted by molar-refractivity contribution is -0.131. The molecule has 1 fully saturated rings. The third-order valence-electron chi connectivity index (χ3n) is 3.82. The van der Waals surface area contributed by atoms with Gasteiger partial charge in [0.2, 0.25) is 5.91 Å². The Labute approximate surface area is 127 Å². The minimum Gasteiger partial charge on any atom is -0.343 e. The lowest BCUT2D eigenvalue weighted by atomic mass is 9.97. The molecule has 1 aliphatic rings. The van der Waals surface area contributed by atoms with Crippen LogP contribution in [0.5, 0.6) is 0 Å². The molecule has 20 heavy (non-hydrogen) atoms. The Morgan fingerprint density at radius 1 is 1.35 bits per heavy atom. The van der Waals surface area contributed by atoms with Crippen molar-refractivity contribution in [1.82, 2.24) is 9.88 Å². The van der Waals surface area contributed by atoms with Gasteiger partial charge in [-0.3, -0.25) is 4.79 Å². The highest BCUT2D eigenvalue weighted by Gasteiger charge is 2.25. The van der Waals surface area contributed by atoms with Crippen LogP contribution >= 0.6 is 22.9 Å². The molecule has 0 N–H and O–H groups in total. The van der Waals surface area contributed by atoms with Crippen molar-refractivity contribution in [3.05, 3.63) is 29.3 Å². The van der Waals surface area contributed by atoms with Crippen LogP contribution < -0.4 is 0 Å². The fourth-order valence-corrected chi connectivity index (χ4v) is 3.98. The quantitative estimate of drug-likeness (QED) is 0.811. The van der Waals surface area contributed by atoms with E-state index in [4.69, 9.17) is 16.6 Å². The maximum Gasteiger partial charge on any atom is 0.223 e. The highest BCUT2D eigenvalue weighted by molar-refractivity contribution is 7.18. The van der Waals surface area contributed by atoms with Crippen molar-refractivity contribution in [2.75, 3.05) is 19.0 Å². The third-order valence-corrected chi connectivity index (χ3v) is 5.20. The first-order valence-corrected chi connectivity index (χ1v) is 8.32. The number of hydrogen-bond acceptors (Lipinski definition) is 3. The summed E-state index contributed by atoms with van der Waals surface area (Å²) in [6.07, 6.45) is 2.47. The van der Waals surface area contributed by atoms with E-state index >= 15 is 0 Å². The molecule has 0 radical (unpaired) electrons. The molecule has 1 aromatic carbocycles. The van der Waals surface area contributed by atoms with Crippen LogP contribution in [-0.2, 0) is 4.79 Å². The number of halogens is 1. The summed E-state index contributed by atoms with van der Waals surface area (Å²) in [5, 5.41) is 1.22. The van der Waals surface area contributed by atoms with Gasteiger partial charge >= 0.3 is 0 Å². The van der Waals surface area contributed by atoms with Crippen molar-refractivity contribution in [3.63, 3.8) is 0 Å². The SMILES string of the molecule is O=C(CCCl)N1CCC(c2nc3ccccc3s2)CC1. The van der Waals surface area contributed by atoms with Gasteiger partial charge in [0.25, 0.3) is 0 Å². The average molecular weight is 309 g/mol. The summed E-state index contributed by atoms with van der Waals surface area (Å²) in [5.74, 6) is 1.09. The first-order valence-electron chi connectivity index (χ1n) is 6.97. The number of fused-ring (bicyclic) bond motifs is 1. The van der Waals surface area contributed by atoms with E-state index in [9.17, 15) is 4.79 Å². The number of likely N-dealkylation sites (tertiary alicyclic amines) is 1. The predicted octanol–water partition coefficient (Wildman–Crippen LogP) is 3.63. The summed E-state index contributed by atoms with van der Waals surface area (Å²) in [4.78, 5) is 18.5. The minimum absolute atomic E-state index is 0.183. The van der Waals surface area contributed by atoms with Crippen molar-refractivity contribution in [2.45, 2.75) is 25.2 Å². The summed E-state index contributed by atoms with van der Waals surface area (Å²) in [6.45, 7) is 1.66. The molecule has 1 aromatic heterocycles. The maximum atomic E-state index is 11.8. The molecule has 1 saturated heterocycles. The summed E-state index contributed by atoms with van der Waals surface area (Å²) in [6, 6.07) is 8.26. The number of para-hydroxylation sites is 1. The largest absolute Gasteiger partial charge is 0.343 e. The van der Waals surface area contributed by atoms with Gasteiger partial charge < -0.3 is 4.90 Å². The molecule has 0 atom stereocenters. The lowest BCUT2D eigenvalue weighted by Gasteiger charge is -2.31. The summed E-state index contributed by atoms with van der Waals surface area (Å²) < 4.78 is 1.25. The van der Waals surface area contributed by atoms with E-state index < -0.39 is 0 Å². The zero-order valence-corrected chi connectivity index (χ0v) is 12.8. The van der Waals surface area contributed by atoms with E-state index in [1.54, 1.807) is 11.3 Å². The molecule has 0 aliphatic carbocycles. The zero-order chi connectivity index (χ0) is 13.9. The standard InChI is InChI=1S/C15H17ClN2OS/c16-8-5-14(19)18-9-6-11(7-10-18)15-17-12-3-1-2-4-13(12)20-15/h1-4,11H,5-10H2. The molecule has 1 amide bonds. The van der Waals surface area contributed by atoms with E-state index in [1.165, 1.54) is 9.71 Å². The number of piperidine rings is 1. The predicted molar refractivity (Wildman–Crippen MR) is 83.5 cm³/mol. The molecular weight excluding hydrogens is 292 g/mol. The molecule has 106 valence electrons. The Bertz CT molecular complexity index is 572. The number of aromatic nitrogens is 1. The van der Waals surface area contributed by atoms with Crippen LogP contribution in [0.2, 0.25) is 0 Å². The van der Waals surface area contributed by atoms with Crippen molar-refractivity contribution in [2.24, 2.45) is 0 Å². The number of rotatable bonds is 3. The number of nitrogens with zero attached hydrogens (tertiary/aromatic N) is 2. The minimum atomic E-state index is 0.183. The van der Waals surface area contributed by atoms with Crippen molar-refractivity contribution >= 4 is 39.1 Å². The number of benzene rings is 1. The van der Waals surface area contributed by atoms with Gasteiger partial charge in [0.1, 0.15) is 0 Å². The Morgan fingerprint density at radius 2 is 2.10 bits per heavy atom. The van der Waals surface area contributed by atoms with Crippen LogP contribution in [0.1, 0.15) is 30.2 Å². The molecule has 3 rings (SSSR count). The summed E-state index contributed by atoms with van der Waals surface area (Å²) in [7, 11) is 0. The number of carbonyl (C=O) groups excluding carboxylic acids is 1. The fraction of sp³-hybridized carbons (Fsp3) is 0.467. The Kier molecular flexibility index (Phi) is 4.22. The molecule has 2 heterocycles. The summed E-state index contributed by atoms with van der Waals surface area (Å²) in [5.41, 5.74) is 1.09. The van der Waals surface area contributed by atoms with E-state index in [2.05, 4.69) is 18.2 Å². The number of hydrogen-bond donors (Lipinski definition) is 0. The molecular formula is C15H17ClN2OS. The van der Waals surface area contributed by atoms with E-state index in [1.807, 2.05) is 11.0 Å². The fourth-order valence-electron chi connectivity index (χ4n) is 2.68. The highest BCUT2D eigenvalue weighted by Crippen LogP contribution is 2.33. The Morgan fingerprint density at radius 3 is 2.80 bits per heavy atom. The molecule has 0 bridgehead atoms. The molecule has 1 aliphatic heterocycles. The first-order chi connectivity index (χ1) is 9.78. The Balaban J connectivity index is 1.67. The molecule has 0 spiro atoms. The van der Waals surface area contributed by atoms with Crippen molar-refractivity contribution < 1.29 is 4.79 Å². The van der Waals surface area contributed by atoms with Gasteiger partial charge in [0.05, 0.1) is 15.2 Å². The van der Waals surface area contributed by atoms with Crippen molar-refractivity contribution in [3.8, 4) is 0 Å². The van der Waals surface area contributed by atoms with Crippen molar-refractivity contribution in [1.29, 1.82) is 0 Å². The third kappa shape index (κ3) is 2.81. The lowest BCUT2D eigenvalue weighted by Crippen LogP contribution is -2.37. The molecule has 2 aromatic rings. The topological polar surface area (TPSA) is 33.2 Å². The van der Waals surface area contributed by atoms with Gasteiger partial charge in [-0.05, 0) is 25.0 Å². The monoisotopic (exact) mass is 308 g/mol. The van der Waals surface area contributed by atoms with Crippen LogP contribution in [0.3, 0.4) is 0 Å². The van der Waals surface area contributed by atoms with E-state index in [0.29, 0.717) is 18.2 Å². The average Bonchev–Trinajstić information content (AvgIpc) is 2.91. The maximum absolute atomic E-state index is 11.8. The van der Waals surface area contributed by atoms with E-state index in [-0.39, 0.29) is 5.91 Å².